The van der Waals surface area contributed by atoms with Gasteiger partial charge in [0.05, 0.1) is 17.1 Å². The fourth-order valence-electron chi connectivity index (χ4n) is 2.20. The van der Waals surface area contributed by atoms with Gasteiger partial charge in [0.2, 0.25) is 0 Å². The van der Waals surface area contributed by atoms with Gasteiger partial charge in [-0.1, -0.05) is 19.8 Å². The van der Waals surface area contributed by atoms with Gasteiger partial charge in [0.15, 0.2) is 0 Å². The molecule has 0 aliphatic rings. The number of anilines is 1. The van der Waals surface area contributed by atoms with E-state index >= 15 is 0 Å². The van der Waals surface area contributed by atoms with Gasteiger partial charge in [-0.05, 0) is 41.0 Å². The summed E-state index contributed by atoms with van der Waals surface area (Å²) in [4.78, 5) is 0. The fraction of sp³-hybridized carbons (Fsp3) is 0.786. The van der Waals surface area contributed by atoms with E-state index in [4.69, 9.17) is 0 Å². The van der Waals surface area contributed by atoms with Gasteiger partial charge in [-0.15, -0.1) is 0 Å². The smallest absolute Gasteiger partial charge is 0.0828 e. The molecular weight excluding hydrogens is 210 g/mol. The van der Waals surface area contributed by atoms with Crippen LogP contribution in [-0.4, -0.2) is 15.8 Å². The molecule has 0 bridgehead atoms. The third-order valence-electron chi connectivity index (χ3n) is 3.20. The second-order valence-electron chi connectivity index (χ2n) is 5.27. The van der Waals surface area contributed by atoms with Crippen LogP contribution in [0.3, 0.4) is 0 Å². The lowest BCUT2D eigenvalue weighted by Crippen LogP contribution is -2.16. The molecule has 1 aromatic rings. The summed E-state index contributed by atoms with van der Waals surface area (Å²) in [6.07, 6.45) is 3.77. The second-order valence-corrected chi connectivity index (χ2v) is 5.27. The molecular formula is C14H27N3. The first-order chi connectivity index (χ1) is 7.97. The Labute approximate surface area is 106 Å². The molecule has 0 fully saturated rings. The molecule has 3 heteroatoms. The van der Waals surface area contributed by atoms with Crippen LogP contribution in [0.15, 0.2) is 0 Å². The number of nitrogens with zero attached hydrogens (tertiary/aromatic N) is 2. The van der Waals surface area contributed by atoms with E-state index in [1.54, 1.807) is 0 Å². The van der Waals surface area contributed by atoms with E-state index in [9.17, 15) is 0 Å². The molecule has 1 atom stereocenters. The molecule has 1 heterocycles. The summed E-state index contributed by atoms with van der Waals surface area (Å²) in [5, 5.41) is 8.20. The van der Waals surface area contributed by atoms with Gasteiger partial charge in [-0.3, -0.25) is 4.68 Å². The molecule has 1 rings (SSSR count). The Balaban J connectivity index is 2.77. The SMILES string of the molecule is CCCCC(C)Nc1c(C)nn(C(C)C)c1C. The maximum atomic E-state index is 4.60. The van der Waals surface area contributed by atoms with Gasteiger partial charge < -0.3 is 5.32 Å². The topological polar surface area (TPSA) is 29.9 Å². The van der Waals surface area contributed by atoms with Crippen molar-refractivity contribution >= 4 is 5.69 Å². The van der Waals surface area contributed by atoms with E-state index in [1.807, 2.05) is 0 Å². The summed E-state index contributed by atoms with van der Waals surface area (Å²) in [6.45, 7) is 13.1. The summed E-state index contributed by atoms with van der Waals surface area (Å²) in [5.41, 5.74) is 3.59. The average Bonchev–Trinajstić information content (AvgIpc) is 2.54. The Bertz CT molecular complexity index is 353. The van der Waals surface area contributed by atoms with Crippen molar-refractivity contribution in [2.75, 3.05) is 5.32 Å². The number of unbranched alkanes of at least 4 members (excludes halogenated alkanes) is 1. The van der Waals surface area contributed by atoms with Crippen molar-refractivity contribution in [2.45, 2.75) is 72.9 Å². The Morgan fingerprint density at radius 2 is 1.88 bits per heavy atom. The van der Waals surface area contributed by atoms with Crippen LogP contribution in [0, 0.1) is 13.8 Å². The van der Waals surface area contributed by atoms with Crippen LogP contribution in [0.25, 0.3) is 0 Å². The van der Waals surface area contributed by atoms with Crippen LogP contribution >= 0.6 is 0 Å². The lowest BCUT2D eigenvalue weighted by molar-refractivity contribution is 0.516. The average molecular weight is 237 g/mol. The van der Waals surface area contributed by atoms with Crippen molar-refractivity contribution in [2.24, 2.45) is 0 Å². The van der Waals surface area contributed by atoms with E-state index in [0.717, 1.165) is 5.69 Å². The highest BCUT2D eigenvalue weighted by Crippen LogP contribution is 2.23. The molecule has 0 aromatic carbocycles. The number of nitrogens with one attached hydrogen (secondary N) is 1. The monoisotopic (exact) mass is 237 g/mol. The van der Waals surface area contributed by atoms with Crippen molar-refractivity contribution < 1.29 is 0 Å². The fourth-order valence-corrected chi connectivity index (χ4v) is 2.20. The van der Waals surface area contributed by atoms with Crippen molar-refractivity contribution in [3.8, 4) is 0 Å². The molecule has 0 saturated heterocycles. The highest BCUT2D eigenvalue weighted by atomic mass is 15.3. The third-order valence-corrected chi connectivity index (χ3v) is 3.20. The maximum absolute atomic E-state index is 4.60. The molecule has 0 aliphatic heterocycles. The van der Waals surface area contributed by atoms with Crippen molar-refractivity contribution in [3.05, 3.63) is 11.4 Å². The van der Waals surface area contributed by atoms with Crippen LogP contribution in [0.2, 0.25) is 0 Å². The van der Waals surface area contributed by atoms with E-state index < -0.39 is 0 Å². The lowest BCUT2D eigenvalue weighted by atomic mass is 10.1. The van der Waals surface area contributed by atoms with Crippen LogP contribution in [0.4, 0.5) is 5.69 Å². The number of hydrogen-bond acceptors (Lipinski definition) is 2. The highest BCUT2D eigenvalue weighted by Gasteiger charge is 2.14. The highest BCUT2D eigenvalue weighted by molar-refractivity contribution is 5.52. The molecule has 0 spiro atoms. The summed E-state index contributed by atoms with van der Waals surface area (Å²) in [7, 11) is 0. The maximum Gasteiger partial charge on any atom is 0.0828 e. The zero-order chi connectivity index (χ0) is 13.0. The van der Waals surface area contributed by atoms with Gasteiger partial charge in [-0.25, -0.2) is 0 Å². The van der Waals surface area contributed by atoms with Crippen molar-refractivity contribution in [1.29, 1.82) is 0 Å². The number of rotatable bonds is 6. The summed E-state index contributed by atoms with van der Waals surface area (Å²) in [5.74, 6) is 0. The normalized spacial score (nSPS) is 13.1. The Hall–Kier alpha value is -0.990. The molecule has 0 aliphatic carbocycles. The van der Waals surface area contributed by atoms with E-state index in [-0.39, 0.29) is 0 Å². The molecule has 0 amide bonds. The molecule has 3 nitrogen and oxygen atoms in total. The third kappa shape index (κ3) is 3.48. The quantitative estimate of drug-likeness (QED) is 0.808. The predicted octanol–water partition coefficient (Wildman–Crippen LogP) is 4.07. The van der Waals surface area contributed by atoms with E-state index in [2.05, 4.69) is 56.6 Å². The first kappa shape index (κ1) is 14.1. The zero-order valence-corrected chi connectivity index (χ0v) is 12.2. The zero-order valence-electron chi connectivity index (χ0n) is 12.2. The minimum absolute atomic E-state index is 0.426. The van der Waals surface area contributed by atoms with Gasteiger partial charge in [-0.2, -0.15) is 5.10 Å². The Morgan fingerprint density at radius 3 is 2.35 bits per heavy atom. The Kier molecular flexibility index (Phi) is 5.03. The molecule has 1 aromatic heterocycles. The van der Waals surface area contributed by atoms with Crippen molar-refractivity contribution in [3.63, 3.8) is 0 Å². The predicted molar refractivity (Wildman–Crippen MR) is 74.7 cm³/mol. The Morgan fingerprint density at radius 1 is 1.24 bits per heavy atom. The minimum Gasteiger partial charge on any atom is -0.380 e. The lowest BCUT2D eigenvalue weighted by Gasteiger charge is -2.15. The summed E-state index contributed by atoms with van der Waals surface area (Å²) >= 11 is 0. The molecule has 0 radical (unpaired) electrons. The largest absolute Gasteiger partial charge is 0.380 e. The standard InChI is InChI=1S/C14H27N3/c1-7-8-9-11(4)15-14-12(5)16-17(10(2)3)13(14)6/h10-11,15H,7-9H2,1-6H3. The van der Waals surface area contributed by atoms with E-state index in [0.29, 0.717) is 12.1 Å². The first-order valence-electron chi connectivity index (χ1n) is 6.79. The van der Waals surface area contributed by atoms with Crippen LogP contribution in [0.5, 0.6) is 0 Å². The van der Waals surface area contributed by atoms with Gasteiger partial charge >= 0.3 is 0 Å². The van der Waals surface area contributed by atoms with Crippen LogP contribution in [0.1, 0.15) is 64.4 Å². The molecule has 98 valence electrons. The molecule has 1 N–H and O–H groups in total. The number of hydrogen-bond donors (Lipinski definition) is 1. The van der Waals surface area contributed by atoms with Gasteiger partial charge in [0, 0.05) is 12.1 Å². The van der Waals surface area contributed by atoms with E-state index in [1.165, 1.54) is 30.6 Å². The van der Waals surface area contributed by atoms with Crippen LogP contribution in [-0.2, 0) is 0 Å². The first-order valence-corrected chi connectivity index (χ1v) is 6.79. The minimum atomic E-state index is 0.426. The van der Waals surface area contributed by atoms with Gasteiger partial charge in [0.25, 0.3) is 0 Å². The molecule has 17 heavy (non-hydrogen) atoms. The number of aryl methyl sites for hydroxylation is 1. The van der Waals surface area contributed by atoms with Crippen molar-refractivity contribution in [1.82, 2.24) is 9.78 Å². The summed E-state index contributed by atoms with van der Waals surface area (Å²) in [6, 6.07) is 0.951. The number of aromatic nitrogens is 2. The van der Waals surface area contributed by atoms with Gasteiger partial charge in [0.1, 0.15) is 0 Å². The van der Waals surface area contributed by atoms with Crippen LogP contribution < -0.4 is 5.32 Å². The molecule has 1 unspecified atom stereocenters. The molecule has 0 saturated carbocycles. The second kappa shape index (κ2) is 6.08. The summed E-state index contributed by atoms with van der Waals surface area (Å²) < 4.78 is 2.10.